The van der Waals surface area contributed by atoms with Crippen molar-refractivity contribution < 1.29 is 14.0 Å². The fraction of sp³-hybridized carbons (Fsp3) is 0.125. The molecule has 2 heterocycles. The van der Waals surface area contributed by atoms with Gasteiger partial charge in [0.05, 0.1) is 28.9 Å². The molecule has 122 valence electrons. The lowest BCUT2D eigenvalue weighted by Gasteiger charge is -2.07. The van der Waals surface area contributed by atoms with Crippen LogP contribution in [0.25, 0.3) is 10.9 Å². The van der Waals surface area contributed by atoms with Gasteiger partial charge in [0, 0.05) is 16.8 Å². The van der Waals surface area contributed by atoms with Crippen LogP contribution >= 0.6 is 11.3 Å². The molecular formula is C16H13FN4O2S. The number of rotatable bonds is 4. The number of nitrogens with one attached hydrogen (secondary N) is 1. The highest BCUT2D eigenvalue weighted by Gasteiger charge is 2.14. The van der Waals surface area contributed by atoms with E-state index in [9.17, 15) is 14.0 Å². The molecule has 0 aliphatic carbocycles. The van der Waals surface area contributed by atoms with Crippen molar-refractivity contribution in [3.8, 4) is 0 Å². The van der Waals surface area contributed by atoms with Crippen LogP contribution in [-0.2, 0) is 11.2 Å². The Balaban J connectivity index is 1.85. The number of hydrogen-bond acceptors (Lipinski definition) is 5. The number of hydrogen-bond donors (Lipinski definition) is 2. The maximum Gasteiger partial charge on any atom is 0.259 e. The molecule has 0 radical (unpaired) electrons. The molecule has 0 bridgehead atoms. The Morgan fingerprint density at radius 3 is 2.83 bits per heavy atom. The summed E-state index contributed by atoms with van der Waals surface area (Å²) >= 11 is 1.21. The molecule has 6 nitrogen and oxygen atoms in total. The van der Waals surface area contributed by atoms with Gasteiger partial charge < -0.3 is 5.73 Å². The highest BCUT2D eigenvalue weighted by molar-refractivity contribution is 7.14. The SMILES string of the molecule is Cc1nc2cc(F)ccc2cc1C(=O)Nc1nc(CC(N)=O)cs1. The molecule has 3 N–H and O–H groups in total. The van der Waals surface area contributed by atoms with Crippen molar-refractivity contribution in [1.29, 1.82) is 0 Å². The zero-order valence-electron chi connectivity index (χ0n) is 12.7. The van der Waals surface area contributed by atoms with Crippen LogP contribution < -0.4 is 11.1 Å². The van der Waals surface area contributed by atoms with Crippen LogP contribution in [0.3, 0.4) is 0 Å². The van der Waals surface area contributed by atoms with E-state index in [2.05, 4.69) is 15.3 Å². The summed E-state index contributed by atoms with van der Waals surface area (Å²) < 4.78 is 13.2. The molecule has 0 unspecified atom stereocenters. The summed E-state index contributed by atoms with van der Waals surface area (Å²) in [5, 5.41) is 5.37. The van der Waals surface area contributed by atoms with E-state index in [0.717, 1.165) is 0 Å². The number of aromatic nitrogens is 2. The van der Waals surface area contributed by atoms with Gasteiger partial charge in [-0.2, -0.15) is 0 Å². The number of benzene rings is 1. The number of pyridine rings is 1. The predicted octanol–water partition coefficient (Wildman–Crippen LogP) is 2.42. The van der Waals surface area contributed by atoms with Gasteiger partial charge in [-0.15, -0.1) is 11.3 Å². The predicted molar refractivity (Wildman–Crippen MR) is 89.4 cm³/mol. The number of aryl methyl sites for hydroxylation is 1. The molecule has 24 heavy (non-hydrogen) atoms. The summed E-state index contributed by atoms with van der Waals surface area (Å²) in [6.07, 6.45) is 0.0223. The smallest absolute Gasteiger partial charge is 0.259 e. The fourth-order valence-corrected chi connectivity index (χ4v) is 2.96. The van der Waals surface area contributed by atoms with Gasteiger partial charge in [-0.3, -0.25) is 19.9 Å². The minimum absolute atomic E-state index is 0.0223. The van der Waals surface area contributed by atoms with Crippen LogP contribution in [0.4, 0.5) is 9.52 Å². The Morgan fingerprint density at radius 1 is 1.29 bits per heavy atom. The highest BCUT2D eigenvalue weighted by Crippen LogP contribution is 2.21. The number of carbonyl (C=O) groups excluding carboxylic acids is 2. The topological polar surface area (TPSA) is 98.0 Å². The van der Waals surface area contributed by atoms with E-state index in [4.69, 9.17) is 5.73 Å². The second kappa shape index (κ2) is 6.32. The Hall–Kier alpha value is -2.87. The second-order valence-corrected chi connectivity index (χ2v) is 6.06. The Bertz CT molecular complexity index is 954. The molecule has 0 atom stereocenters. The van der Waals surface area contributed by atoms with Crippen LogP contribution in [0, 0.1) is 12.7 Å². The van der Waals surface area contributed by atoms with Crippen molar-refractivity contribution >= 4 is 39.2 Å². The van der Waals surface area contributed by atoms with E-state index >= 15 is 0 Å². The molecule has 2 amide bonds. The molecule has 8 heteroatoms. The van der Waals surface area contributed by atoms with Crippen LogP contribution in [0.2, 0.25) is 0 Å². The van der Waals surface area contributed by atoms with Gasteiger partial charge >= 0.3 is 0 Å². The number of carbonyl (C=O) groups is 2. The van der Waals surface area contributed by atoms with Crippen molar-refractivity contribution in [1.82, 2.24) is 9.97 Å². The van der Waals surface area contributed by atoms with Gasteiger partial charge in [0.2, 0.25) is 5.91 Å². The number of thiazole rings is 1. The van der Waals surface area contributed by atoms with E-state index in [1.165, 1.54) is 23.5 Å². The highest BCUT2D eigenvalue weighted by atomic mass is 32.1. The number of amides is 2. The summed E-state index contributed by atoms with van der Waals surface area (Å²) in [4.78, 5) is 31.7. The minimum atomic E-state index is -0.486. The lowest BCUT2D eigenvalue weighted by Crippen LogP contribution is -2.15. The lowest BCUT2D eigenvalue weighted by atomic mass is 10.1. The summed E-state index contributed by atoms with van der Waals surface area (Å²) in [6, 6.07) is 5.87. The lowest BCUT2D eigenvalue weighted by molar-refractivity contribution is -0.117. The molecule has 0 saturated heterocycles. The summed E-state index contributed by atoms with van der Waals surface area (Å²) in [5.41, 5.74) is 6.97. The zero-order valence-corrected chi connectivity index (χ0v) is 13.5. The minimum Gasteiger partial charge on any atom is -0.369 e. The molecule has 0 aliphatic heterocycles. The van der Waals surface area contributed by atoms with Gasteiger partial charge in [-0.1, -0.05) is 0 Å². The number of nitrogens with zero attached hydrogens (tertiary/aromatic N) is 2. The standard InChI is InChI=1S/C16H13FN4O2S/c1-8-12(4-9-2-3-10(17)5-13(9)19-8)15(23)21-16-20-11(7-24-16)6-14(18)22/h2-5,7H,6H2,1H3,(H2,18,22)(H,20,21,23). The molecule has 3 aromatic rings. The number of nitrogens with two attached hydrogens (primary N) is 1. The zero-order chi connectivity index (χ0) is 17.3. The third kappa shape index (κ3) is 3.38. The third-order valence-corrected chi connectivity index (χ3v) is 4.15. The monoisotopic (exact) mass is 344 g/mol. The van der Waals surface area contributed by atoms with E-state index in [1.807, 2.05) is 0 Å². The maximum absolute atomic E-state index is 13.2. The normalized spacial score (nSPS) is 10.8. The molecule has 1 aromatic carbocycles. The summed E-state index contributed by atoms with van der Waals surface area (Å²) in [5.74, 6) is -1.23. The first-order chi connectivity index (χ1) is 11.4. The molecule has 0 aliphatic rings. The van der Waals surface area contributed by atoms with Crippen LogP contribution in [0.1, 0.15) is 21.7 Å². The largest absolute Gasteiger partial charge is 0.369 e. The van der Waals surface area contributed by atoms with Crippen LogP contribution in [-0.4, -0.2) is 21.8 Å². The average Bonchev–Trinajstić information content (AvgIpc) is 2.92. The van der Waals surface area contributed by atoms with E-state index in [1.54, 1.807) is 24.4 Å². The molecular weight excluding hydrogens is 331 g/mol. The molecule has 0 fully saturated rings. The first kappa shape index (κ1) is 16.0. The van der Waals surface area contributed by atoms with Gasteiger partial charge in [0.15, 0.2) is 5.13 Å². The van der Waals surface area contributed by atoms with Crippen molar-refractivity contribution in [2.75, 3.05) is 5.32 Å². The van der Waals surface area contributed by atoms with Crippen molar-refractivity contribution in [2.24, 2.45) is 5.73 Å². The number of primary amides is 1. The van der Waals surface area contributed by atoms with Gasteiger partial charge in [0.25, 0.3) is 5.91 Å². The quantitative estimate of drug-likeness (QED) is 0.759. The molecule has 0 saturated carbocycles. The second-order valence-electron chi connectivity index (χ2n) is 5.20. The van der Waals surface area contributed by atoms with Crippen LogP contribution in [0.15, 0.2) is 29.6 Å². The molecule has 0 spiro atoms. The van der Waals surface area contributed by atoms with Crippen LogP contribution in [0.5, 0.6) is 0 Å². The van der Waals surface area contributed by atoms with Gasteiger partial charge in [0.1, 0.15) is 5.82 Å². The molecule has 2 aromatic heterocycles. The Labute approximate surface area is 140 Å². The summed E-state index contributed by atoms with van der Waals surface area (Å²) in [7, 11) is 0. The first-order valence-electron chi connectivity index (χ1n) is 7.03. The van der Waals surface area contributed by atoms with Crippen molar-refractivity contribution in [2.45, 2.75) is 13.3 Å². The van der Waals surface area contributed by atoms with E-state index in [-0.39, 0.29) is 18.1 Å². The van der Waals surface area contributed by atoms with Crippen molar-refractivity contribution in [3.63, 3.8) is 0 Å². The van der Waals surface area contributed by atoms with Crippen molar-refractivity contribution in [3.05, 3.63) is 52.4 Å². The summed E-state index contributed by atoms with van der Waals surface area (Å²) in [6.45, 7) is 1.68. The average molecular weight is 344 g/mol. The van der Waals surface area contributed by atoms with Gasteiger partial charge in [-0.05, 0) is 25.1 Å². The van der Waals surface area contributed by atoms with E-state index in [0.29, 0.717) is 33.0 Å². The number of halogens is 1. The van der Waals surface area contributed by atoms with Gasteiger partial charge in [-0.25, -0.2) is 9.37 Å². The fourth-order valence-electron chi connectivity index (χ4n) is 2.25. The Kier molecular flexibility index (Phi) is 4.22. The van der Waals surface area contributed by atoms with E-state index < -0.39 is 5.91 Å². The Morgan fingerprint density at radius 2 is 2.08 bits per heavy atom. The number of anilines is 1. The first-order valence-corrected chi connectivity index (χ1v) is 7.91. The third-order valence-electron chi connectivity index (χ3n) is 3.34. The molecule has 3 rings (SSSR count). The maximum atomic E-state index is 13.2. The number of fused-ring (bicyclic) bond motifs is 1.